The number of halogens is 3. The van der Waals surface area contributed by atoms with Crippen LogP contribution in [-0.4, -0.2) is 41.7 Å². The van der Waals surface area contributed by atoms with E-state index in [4.69, 9.17) is 12.2 Å². The second-order valence-corrected chi connectivity index (χ2v) is 9.36. The molecule has 1 saturated carbocycles. The zero-order valence-corrected chi connectivity index (χ0v) is 18.6. The fraction of sp³-hybridized carbons (Fsp3) is 0.318. The quantitative estimate of drug-likeness (QED) is 0.488. The van der Waals surface area contributed by atoms with E-state index in [2.05, 4.69) is 10.1 Å². The highest BCUT2D eigenvalue weighted by Gasteiger charge is 2.41. The van der Waals surface area contributed by atoms with Crippen LogP contribution in [0.25, 0.3) is 0 Å². The summed E-state index contributed by atoms with van der Waals surface area (Å²) in [5.41, 5.74) is -1.28. The Morgan fingerprint density at radius 3 is 2.62 bits per heavy atom. The number of rotatable bonds is 8. The van der Waals surface area contributed by atoms with E-state index in [0.29, 0.717) is 15.6 Å². The van der Waals surface area contributed by atoms with Gasteiger partial charge in [0.15, 0.2) is 0 Å². The second-order valence-electron chi connectivity index (χ2n) is 7.75. The first-order valence-electron chi connectivity index (χ1n) is 10.0. The molecule has 5 nitrogen and oxygen atoms in total. The first-order valence-corrected chi connectivity index (χ1v) is 11.4. The molecule has 1 aromatic heterocycles. The summed E-state index contributed by atoms with van der Waals surface area (Å²) >= 11 is 6.91. The van der Waals surface area contributed by atoms with Gasteiger partial charge in [-0.15, -0.1) is 0 Å². The first-order chi connectivity index (χ1) is 15.4. The second kappa shape index (κ2) is 9.60. The zero-order valence-electron chi connectivity index (χ0n) is 17.0. The molecule has 32 heavy (non-hydrogen) atoms. The molecule has 1 heterocycles. The van der Waals surface area contributed by atoms with Crippen molar-refractivity contribution < 1.29 is 18.3 Å². The van der Waals surface area contributed by atoms with Gasteiger partial charge in [0.25, 0.3) is 0 Å². The van der Waals surface area contributed by atoms with E-state index in [-0.39, 0.29) is 30.5 Å². The van der Waals surface area contributed by atoms with Crippen LogP contribution in [0.2, 0.25) is 0 Å². The van der Waals surface area contributed by atoms with Crippen LogP contribution in [-0.2, 0) is 17.9 Å². The van der Waals surface area contributed by atoms with Gasteiger partial charge >= 0.3 is 0 Å². The van der Waals surface area contributed by atoms with Crippen molar-refractivity contribution in [3.05, 3.63) is 83.7 Å². The summed E-state index contributed by atoms with van der Waals surface area (Å²) < 4.78 is 44.1. The summed E-state index contributed by atoms with van der Waals surface area (Å²) in [5, 5.41) is 15.7. The van der Waals surface area contributed by atoms with Gasteiger partial charge in [-0.25, -0.2) is 22.8 Å². The van der Waals surface area contributed by atoms with Gasteiger partial charge < -0.3 is 10.0 Å². The molecule has 10 heteroatoms. The monoisotopic (exact) mass is 478 g/mol. The predicted octanol–water partition coefficient (Wildman–Crippen LogP) is 4.27. The van der Waals surface area contributed by atoms with E-state index in [1.54, 1.807) is 18.2 Å². The Morgan fingerprint density at radius 2 is 1.97 bits per heavy atom. The molecule has 0 spiro atoms. The number of aliphatic hydroxyl groups is 1. The van der Waals surface area contributed by atoms with Crippen molar-refractivity contribution in [1.29, 1.82) is 0 Å². The Hall–Kier alpha value is -2.43. The molecule has 0 amide bonds. The van der Waals surface area contributed by atoms with E-state index in [1.165, 1.54) is 41.2 Å². The number of hydrogen-bond donors (Lipinski definition) is 1. The van der Waals surface area contributed by atoms with Crippen LogP contribution >= 0.6 is 24.0 Å². The SMILES string of the molecule is OC(CN(C(=S)SCc1ccccc1F)C1CC1)(Cn1cncn1)c1ccc(F)cc1F. The van der Waals surface area contributed by atoms with Crippen molar-refractivity contribution in [2.24, 2.45) is 0 Å². The third-order valence-corrected chi connectivity index (χ3v) is 6.81. The Balaban J connectivity index is 1.58. The van der Waals surface area contributed by atoms with Gasteiger partial charge in [0, 0.05) is 23.4 Å². The zero-order chi connectivity index (χ0) is 22.7. The molecule has 3 aromatic rings. The van der Waals surface area contributed by atoms with Crippen LogP contribution in [0.4, 0.5) is 13.2 Å². The number of hydrogen-bond acceptors (Lipinski definition) is 5. The minimum Gasteiger partial charge on any atom is -0.381 e. The smallest absolute Gasteiger partial charge is 0.137 e. The maximum atomic E-state index is 14.7. The van der Waals surface area contributed by atoms with Crippen molar-refractivity contribution in [2.45, 2.75) is 36.8 Å². The maximum absolute atomic E-state index is 14.7. The number of benzene rings is 2. The lowest BCUT2D eigenvalue weighted by Crippen LogP contribution is -2.46. The fourth-order valence-corrected chi connectivity index (χ4v) is 4.80. The molecule has 1 atom stereocenters. The normalized spacial score (nSPS) is 15.4. The maximum Gasteiger partial charge on any atom is 0.137 e. The van der Waals surface area contributed by atoms with E-state index >= 15 is 0 Å². The lowest BCUT2D eigenvalue weighted by Gasteiger charge is -2.36. The number of aromatic nitrogens is 3. The molecule has 1 aliphatic carbocycles. The fourth-order valence-electron chi connectivity index (χ4n) is 3.52. The Labute approximate surface area is 193 Å². The minimum atomic E-state index is -1.75. The van der Waals surface area contributed by atoms with Crippen LogP contribution in [0.3, 0.4) is 0 Å². The predicted molar refractivity (Wildman–Crippen MR) is 120 cm³/mol. The van der Waals surface area contributed by atoms with Gasteiger partial charge in [0.05, 0.1) is 13.1 Å². The highest BCUT2D eigenvalue weighted by atomic mass is 32.2. The molecule has 0 saturated heterocycles. The van der Waals surface area contributed by atoms with Crippen LogP contribution in [0, 0.1) is 17.5 Å². The van der Waals surface area contributed by atoms with Crippen LogP contribution in [0.1, 0.15) is 24.0 Å². The standard InChI is InChI=1S/C22H21F3N4OS2/c23-16-5-8-18(20(25)9-16)22(30,11-28-14-26-13-27-28)12-29(17-6-7-17)21(31)32-10-15-3-1-2-4-19(15)24/h1-5,8-9,13-14,17,30H,6-7,10-12H2. The Kier molecular flexibility index (Phi) is 6.82. The molecular formula is C22H21F3N4OS2. The number of nitrogens with zero attached hydrogens (tertiary/aromatic N) is 4. The van der Waals surface area contributed by atoms with Crippen molar-refractivity contribution >= 4 is 28.3 Å². The molecule has 168 valence electrons. The topological polar surface area (TPSA) is 54.2 Å². The highest BCUT2D eigenvalue weighted by molar-refractivity contribution is 8.22. The van der Waals surface area contributed by atoms with E-state index in [9.17, 15) is 18.3 Å². The Bertz CT molecular complexity index is 1090. The molecule has 4 rings (SSSR count). The van der Waals surface area contributed by atoms with Crippen LogP contribution < -0.4 is 0 Å². The molecule has 1 unspecified atom stereocenters. The van der Waals surface area contributed by atoms with Gasteiger partial charge in [-0.05, 0) is 30.5 Å². The van der Waals surface area contributed by atoms with Crippen molar-refractivity contribution in [3.63, 3.8) is 0 Å². The number of thiocarbonyl (C=S) groups is 1. The van der Waals surface area contributed by atoms with Crippen LogP contribution in [0.5, 0.6) is 0 Å². The molecule has 0 radical (unpaired) electrons. The molecule has 1 fully saturated rings. The van der Waals surface area contributed by atoms with Gasteiger partial charge in [-0.1, -0.05) is 48.2 Å². The lowest BCUT2D eigenvalue weighted by molar-refractivity contribution is -0.00746. The third-order valence-electron chi connectivity index (χ3n) is 5.29. The first kappa shape index (κ1) is 22.8. The van der Waals surface area contributed by atoms with E-state index in [0.717, 1.165) is 25.0 Å². The summed E-state index contributed by atoms with van der Waals surface area (Å²) in [6, 6.07) is 9.66. The van der Waals surface area contributed by atoms with Gasteiger partial charge in [-0.3, -0.25) is 0 Å². The summed E-state index contributed by atoms with van der Waals surface area (Å²) in [6.45, 7) is -0.122. The van der Waals surface area contributed by atoms with Crippen molar-refractivity contribution in [2.75, 3.05) is 6.54 Å². The minimum absolute atomic E-state index is 0.0246. The molecular weight excluding hydrogens is 457 g/mol. The van der Waals surface area contributed by atoms with Crippen molar-refractivity contribution in [3.8, 4) is 0 Å². The van der Waals surface area contributed by atoms with E-state index in [1.807, 2.05) is 4.90 Å². The largest absolute Gasteiger partial charge is 0.381 e. The lowest BCUT2D eigenvalue weighted by atomic mass is 9.92. The van der Waals surface area contributed by atoms with Crippen LogP contribution in [0.15, 0.2) is 55.1 Å². The molecule has 1 N–H and O–H groups in total. The average molecular weight is 479 g/mol. The number of thioether (sulfide) groups is 1. The van der Waals surface area contributed by atoms with Gasteiger partial charge in [0.2, 0.25) is 0 Å². The summed E-state index contributed by atoms with van der Waals surface area (Å²) in [4.78, 5) is 5.73. The summed E-state index contributed by atoms with van der Waals surface area (Å²) in [5.74, 6) is -1.56. The third kappa shape index (κ3) is 5.31. The molecule has 1 aliphatic rings. The molecule has 2 aromatic carbocycles. The van der Waals surface area contributed by atoms with Gasteiger partial charge in [-0.2, -0.15) is 5.10 Å². The summed E-state index contributed by atoms with van der Waals surface area (Å²) in [6.07, 6.45) is 4.49. The Morgan fingerprint density at radius 1 is 1.19 bits per heavy atom. The van der Waals surface area contributed by atoms with Crippen molar-refractivity contribution in [1.82, 2.24) is 19.7 Å². The average Bonchev–Trinajstić information content (AvgIpc) is 3.47. The van der Waals surface area contributed by atoms with E-state index < -0.39 is 17.2 Å². The molecule has 0 aliphatic heterocycles. The highest BCUT2D eigenvalue weighted by Crippen LogP contribution is 2.36. The molecule has 0 bridgehead atoms. The van der Waals surface area contributed by atoms with Gasteiger partial charge in [0.1, 0.15) is 40.0 Å². The summed E-state index contributed by atoms with van der Waals surface area (Å²) in [7, 11) is 0.